The maximum absolute atomic E-state index is 15.2. The van der Waals surface area contributed by atoms with Gasteiger partial charge in [0.1, 0.15) is 34.5 Å². The molecule has 0 aliphatic carbocycles. The fraction of sp³-hybridized carbons (Fsp3) is 0.308. The van der Waals surface area contributed by atoms with E-state index in [1.54, 1.807) is 18.5 Å². The van der Waals surface area contributed by atoms with Crippen LogP contribution >= 0.6 is 0 Å². The van der Waals surface area contributed by atoms with Crippen molar-refractivity contribution in [2.24, 2.45) is 0 Å². The third-order valence-corrected chi connectivity index (χ3v) is 6.32. The van der Waals surface area contributed by atoms with Crippen molar-refractivity contribution in [2.75, 3.05) is 17.6 Å². The van der Waals surface area contributed by atoms with Crippen molar-refractivity contribution in [3.05, 3.63) is 71.7 Å². The molecule has 0 bridgehead atoms. The van der Waals surface area contributed by atoms with Gasteiger partial charge in [-0.25, -0.2) is 19.3 Å². The van der Waals surface area contributed by atoms with E-state index < -0.39 is 11.7 Å². The van der Waals surface area contributed by atoms with Crippen molar-refractivity contribution in [3.8, 4) is 11.3 Å². The summed E-state index contributed by atoms with van der Waals surface area (Å²) in [5.74, 6) is 0.332. The number of carbonyl (C=O) groups is 1. The van der Waals surface area contributed by atoms with Crippen molar-refractivity contribution in [1.29, 1.82) is 0 Å². The third-order valence-electron chi connectivity index (χ3n) is 6.32. The van der Waals surface area contributed by atoms with E-state index in [9.17, 15) is 4.79 Å². The van der Waals surface area contributed by atoms with Crippen molar-refractivity contribution in [3.63, 3.8) is 0 Å². The Morgan fingerprint density at radius 2 is 2.11 bits per heavy atom. The molecule has 0 saturated carbocycles. The van der Waals surface area contributed by atoms with Gasteiger partial charge in [-0.1, -0.05) is 25.8 Å². The zero-order chi connectivity index (χ0) is 24.4. The average Bonchev–Trinajstić information content (AvgIpc) is 3.26. The van der Waals surface area contributed by atoms with Gasteiger partial charge in [0.2, 0.25) is 0 Å². The van der Waals surface area contributed by atoms with Gasteiger partial charge in [-0.05, 0) is 55.6 Å². The highest BCUT2D eigenvalue weighted by Crippen LogP contribution is 2.33. The predicted octanol–water partition coefficient (Wildman–Crippen LogP) is 4.53. The number of aromatic nitrogens is 4. The van der Waals surface area contributed by atoms with Gasteiger partial charge >= 0.3 is 0 Å². The molecule has 1 fully saturated rings. The lowest BCUT2D eigenvalue weighted by molar-refractivity contribution is 0.102. The lowest BCUT2D eigenvalue weighted by Gasteiger charge is -2.22. The molecule has 1 aliphatic heterocycles. The maximum atomic E-state index is 15.2. The average molecular weight is 474 g/mol. The highest BCUT2D eigenvalue weighted by atomic mass is 19.1. The van der Waals surface area contributed by atoms with E-state index in [0.717, 1.165) is 50.0 Å². The van der Waals surface area contributed by atoms with Crippen LogP contribution in [0.2, 0.25) is 0 Å². The Balaban J connectivity index is 1.47. The number of piperidine rings is 1. The fourth-order valence-corrected chi connectivity index (χ4v) is 4.62. The molecule has 4 N–H and O–H groups in total. The van der Waals surface area contributed by atoms with Crippen molar-refractivity contribution in [1.82, 2.24) is 24.7 Å². The van der Waals surface area contributed by atoms with Gasteiger partial charge < -0.3 is 16.4 Å². The van der Waals surface area contributed by atoms with E-state index in [4.69, 9.17) is 10.7 Å². The predicted molar refractivity (Wildman–Crippen MR) is 134 cm³/mol. The van der Waals surface area contributed by atoms with Crippen molar-refractivity contribution in [2.45, 2.75) is 45.1 Å². The molecular formula is C26H28FN7O. The van der Waals surface area contributed by atoms with E-state index >= 15 is 4.39 Å². The highest BCUT2D eigenvalue weighted by molar-refractivity contribution is 6.04. The Labute approximate surface area is 202 Å². The Morgan fingerprint density at radius 3 is 2.89 bits per heavy atom. The number of nitrogens with zero attached hydrogens (tertiary/aromatic N) is 4. The van der Waals surface area contributed by atoms with Crippen LogP contribution in [-0.2, 0) is 6.42 Å². The third kappa shape index (κ3) is 4.59. The second-order valence-electron chi connectivity index (χ2n) is 8.80. The summed E-state index contributed by atoms with van der Waals surface area (Å²) >= 11 is 0. The molecule has 5 rings (SSSR count). The Hall–Kier alpha value is -3.85. The number of carbonyl (C=O) groups excluding carboxylic acids is 1. The number of pyridine rings is 1. The SMILES string of the molecule is CCCc1ccnc(NC(=O)c2ccc(-c3nc([C@@H]4CCCCN4)n4ccnc(N)c34)cc2F)c1. The van der Waals surface area contributed by atoms with Gasteiger partial charge in [0.25, 0.3) is 5.91 Å². The van der Waals surface area contributed by atoms with Gasteiger partial charge in [0, 0.05) is 24.2 Å². The molecule has 8 nitrogen and oxygen atoms in total. The summed E-state index contributed by atoms with van der Waals surface area (Å²) in [6.45, 7) is 3.00. The molecule has 180 valence electrons. The van der Waals surface area contributed by atoms with E-state index in [2.05, 4.69) is 27.5 Å². The summed E-state index contributed by atoms with van der Waals surface area (Å²) in [4.78, 5) is 26.0. The summed E-state index contributed by atoms with van der Waals surface area (Å²) < 4.78 is 17.1. The summed E-state index contributed by atoms with van der Waals surface area (Å²) in [7, 11) is 0. The first-order chi connectivity index (χ1) is 17.0. The van der Waals surface area contributed by atoms with Crippen LogP contribution in [0.25, 0.3) is 16.8 Å². The van der Waals surface area contributed by atoms with Crippen LogP contribution < -0.4 is 16.4 Å². The van der Waals surface area contributed by atoms with Crippen LogP contribution in [0.4, 0.5) is 16.0 Å². The normalized spacial score (nSPS) is 15.9. The number of fused-ring (bicyclic) bond motifs is 1. The van der Waals surface area contributed by atoms with Crippen LogP contribution in [0, 0.1) is 5.82 Å². The molecule has 0 radical (unpaired) electrons. The molecule has 35 heavy (non-hydrogen) atoms. The smallest absolute Gasteiger partial charge is 0.259 e. The van der Waals surface area contributed by atoms with Crippen LogP contribution in [0.3, 0.4) is 0 Å². The monoisotopic (exact) mass is 473 g/mol. The quantitative estimate of drug-likeness (QED) is 0.379. The van der Waals surface area contributed by atoms with Crippen molar-refractivity contribution >= 4 is 23.1 Å². The van der Waals surface area contributed by atoms with E-state index in [-0.39, 0.29) is 11.6 Å². The van der Waals surface area contributed by atoms with Crippen LogP contribution in [-0.4, -0.2) is 31.8 Å². The topological polar surface area (TPSA) is 110 Å². The Kier molecular flexibility index (Phi) is 6.41. The number of halogens is 1. The molecule has 4 heterocycles. The minimum atomic E-state index is -0.648. The van der Waals surface area contributed by atoms with Gasteiger partial charge in [0.05, 0.1) is 11.6 Å². The van der Waals surface area contributed by atoms with Crippen LogP contribution in [0.5, 0.6) is 0 Å². The standard InChI is InChI=1S/C26H28FN7O/c1-2-5-16-9-11-30-21(14-16)32-26(35)18-8-7-17(15-19(18)27)22-23-24(28)31-12-13-34(23)25(33-22)20-6-3-4-10-29-20/h7-9,11-15,20,29H,2-6,10H2,1H3,(H2,28,31)(H,30,32,35)/t20-/m0/s1. The molecule has 4 aromatic rings. The number of nitrogen functional groups attached to an aromatic ring is 1. The molecule has 9 heteroatoms. The van der Waals surface area contributed by atoms with Crippen LogP contribution in [0.15, 0.2) is 48.9 Å². The number of imidazole rings is 1. The molecular weight excluding hydrogens is 445 g/mol. The minimum absolute atomic E-state index is 0.0692. The highest BCUT2D eigenvalue weighted by Gasteiger charge is 2.24. The maximum Gasteiger partial charge on any atom is 0.259 e. The number of benzene rings is 1. The number of nitrogens with one attached hydrogen (secondary N) is 2. The summed E-state index contributed by atoms with van der Waals surface area (Å²) in [5, 5.41) is 6.20. The molecule has 0 spiro atoms. The number of amides is 1. The molecule has 0 unspecified atom stereocenters. The van der Waals surface area contributed by atoms with Crippen LogP contribution in [0.1, 0.15) is 60.4 Å². The Bertz CT molecular complexity index is 1380. The number of anilines is 2. The van der Waals surface area contributed by atoms with Gasteiger partial charge in [-0.3, -0.25) is 9.20 Å². The molecule has 1 atom stereocenters. The zero-order valence-corrected chi connectivity index (χ0v) is 19.6. The summed E-state index contributed by atoms with van der Waals surface area (Å²) in [5.41, 5.74) is 8.91. The minimum Gasteiger partial charge on any atom is -0.382 e. The second kappa shape index (κ2) is 9.79. The fourth-order valence-electron chi connectivity index (χ4n) is 4.62. The number of nitrogens with two attached hydrogens (primary N) is 1. The zero-order valence-electron chi connectivity index (χ0n) is 19.6. The van der Waals surface area contributed by atoms with Gasteiger partial charge in [-0.2, -0.15) is 0 Å². The number of hydrogen-bond donors (Lipinski definition) is 3. The number of hydrogen-bond acceptors (Lipinski definition) is 6. The van der Waals surface area contributed by atoms with E-state index in [1.165, 1.54) is 12.1 Å². The molecule has 1 saturated heterocycles. The largest absolute Gasteiger partial charge is 0.382 e. The molecule has 1 amide bonds. The molecule has 3 aromatic heterocycles. The number of aryl methyl sites for hydroxylation is 1. The summed E-state index contributed by atoms with van der Waals surface area (Å²) in [6.07, 6.45) is 10.2. The summed E-state index contributed by atoms with van der Waals surface area (Å²) in [6, 6.07) is 8.27. The van der Waals surface area contributed by atoms with Gasteiger partial charge in [-0.15, -0.1) is 0 Å². The van der Waals surface area contributed by atoms with E-state index in [1.807, 2.05) is 22.7 Å². The molecule has 1 aromatic carbocycles. The first-order valence-corrected chi connectivity index (χ1v) is 12.0. The first kappa shape index (κ1) is 22.9. The first-order valence-electron chi connectivity index (χ1n) is 12.0. The lowest BCUT2D eigenvalue weighted by Crippen LogP contribution is -2.28. The molecule has 1 aliphatic rings. The van der Waals surface area contributed by atoms with E-state index in [0.29, 0.717) is 28.4 Å². The van der Waals surface area contributed by atoms with Crippen molar-refractivity contribution < 1.29 is 9.18 Å². The lowest BCUT2D eigenvalue weighted by atomic mass is 10.0. The van der Waals surface area contributed by atoms with Gasteiger partial charge in [0.15, 0.2) is 0 Å². The number of rotatable bonds is 6. The second-order valence-corrected chi connectivity index (χ2v) is 8.80. The Morgan fingerprint density at radius 1 is 1.23 bits per heavy atom.